The molecule has 0 aliphatic rings. The van der Waals surface area contributed by atoms with Crippen LogP contribution in [0.2, 0.25) is 0 Å². The van der Waals surface area contributed by atoms with Crippen LogP contribution in [0.3, 0.4) is 0 Å². The SMILES string of the molecule is COC(=O)c1cc(S(=O)(=O)NC(CN)CC(C)C)c(Br)s1. The average Bonchev–Trinajstić information content (AvgIpc) is 2.79. The third kappa shape index (κ3) is 5.03. The summed E-state index contributed by atoms with van der Waals surface area (Å²) in [7, 11) is -2.50. The van der Waals surface area contributed by atoms with Crippen molar-refractivity contribution in [1.82, 2.24) is 4.72 Å². The van der Waals surface area contributed by atoms with Gasteiger partial charge in [0.05, 0.1) is 10.9 Å². The van der Waals surface area contributed by atoms with E-state index in [-0.39, 0.29) is 22.4 Å². The van der Waals surface area contributed by atoms with E-state index in [0.717, 1.165) is 11.3 Å². The second-order valence-corrected chi connectivity index (χ2v) is 8.98. The lowest BCUT2D eigenvalue weighted by Gasteiger charge is -2.18. The van der Waals surface area contributed by atoms with E-state index in [4.69, 9.17) is 5.73 Å². The fourth-order valence-electron chi connectivity index (χ4n) is 1.78. The molecule has 0 aliphatic heterocycles. The van der Waals surface area contributed by atoms with Gasteiger partial charge in [0.25, 0.3) is 0 Å². The van der Waals surface area contributed by atoms with E-state index in [1.54, 1.807) is 0 Å². The lowest BCUT2D eigenvalue weighted by Crippen LogP contribution is -2.40. The van der Waals surface area contributed by atoms with Crippen molar-refractivity contribution in [2.45, 2.75) is 31.2 Å². The van der Waals surface area contributed by atoms with Gasteiger partial charge in [0.15, 0.2) is 0 Å². The molecule has 1 aromatic heterocycles. The summed E-state index contributed by atoms with van der Waals surface area (Å²) in [5.41, 5.74) is 5.61. The van der Waals surface area contributed by atoms with Crippen molar-refractivity contribution < 1.29 is 17.9 Å². The molecule has 0 bridgehead atoms. The number of halogens is 1. The molecule has 1 unspecified atom stereocenters. The Labute approximate surface area is 137 Å². The largest absolute Gasteiger partial charge is 0.465 e. The zero-order valence-corrected chi connectivity index (χ0v) is 15.3. The van der Waals surface area contributed by atoms with Crippen molar-refractivity contribution >= 4 is 43.3 Å². The quantitative estimate of drug-likeness (QED) is 0.683. The molecule has 6 nitrogen and oxygen atoms in total. The van der Waals surface area contributed by atoms with Crippen LogP contribution < -0.4 is 10.5 Å². The highest BCUT2D eigenvalue weighted by Gasteiger charge is 2.26. The number of methoxy groups -OCH3 is 1. The Morgan fingerprint density at radius 3 is 2.62 bits per heavy atom. The number of carbonyl (C=O) groups is 1. The van der Waals surface area contributed by atoms with Crippen LogP contribution >= 0.6 is 27.3 Å². The van der Waals surface area contributed by atoms with E-state index in [9.17, 15) is 13.2 Å². The van der Waals surface area contributed by atoms with Crippen LogP contribution in [0.5, 0.6) is 0 Å². The Balaban J connectivity index is 3.02. The lowest BCUT2D eigenvalue weighted by atomic mass is 10.1. The van der Waals surface area contributed by atoms with E-state index in [1.165, 1.54) is 13.2 Å². The van der Waals surface area contributed by atoms with Crippen LogP contribution in [0.25, 0.3) is 0 Å². The Bertz CT molecular complexity index is 598. The van der Waals surface area contributed by atoms with Crippen molar-refractivity contribution in [2.75, 3.05) is 13.7 Å². The summed E-state index contributed by atoms with van der Waals surface area (Å²) in [4.78, 5) is 11.7. The van der Waals surface area contributed by atoms with Gasteiger partial charge in [-0.3, -0.25) is 0 Å². The zero-order valence-electron chi connectivity index (χ0n) is 12.1. The van der Waals surface area contributed by atoms with Gasteiger partial charge in [-0.15, -0.1) is 11.3 Å². The first-order valence-electron chi connectivity index (χ1n) is 6.31. The number of nitrogens with one attached hydrogen (secondary N) is 1. The first kappa shape index (κ1) is 18.6. The van der Waals surface area contributed by atoms with Gasteiger partial charge in [-0.2, -0.15) is 0 Å². The van der Waals surface area contributed by atoms with Crippen molar-refractivity contribution in [1.29, 1.82) is 0 Å². The van der Waals surface area contributed by atoms with E-state index in [2.05, 4.69) is 25.4 Å². The van der Waals surface area contributed by atoms with Gasteiger partial charge in [0, 0.05) is 12.6 Å². The predicted octanol–water partition coefficient (Wildman–Crippen LogP) is 1.95. The van der Waals surface area contributed by atoms with Crippen molar-refractivity contribution in [3.8, 4) is 0 Å². The van der Waals surface area contributed by atoms with E-state index in [1.807, 2.05) is 13.8 Å². The van der Waals surface area contributed by atoms with Gasteiger partial charge in [-0.25, -0.2) is 17.9 Å². The molecule has 21 heavy (non-hydrogen) atoms. The highest BCUT2D eigenvalue weighted by atomic mass is 79.9. The fourth-order valence-corrected chi connectivity index (χ4v) is 5.53. The minimum absolute atomic E-state index is 0.0232. The maximum Gasteiger partial charge on any atom is 0.348 e. The Kier molecular flexibility index (Phi) is 6.79. The molecule has 0 saturated heterocycles. The number of thiophene rings is 1. The number of esters is 1. The summed E-state index contributed by atoms with van der Waals surface area (Å²) in [6.07, 6.45) is 0.640. The molecule has 0 fully saturated rings. The van der Waals surface area contributed by atoms with Crippen LogP contribution in [-0.4, -0.2) is 34.1 Å². The smallest absolute Gasteiger partial charge is 0.348 e. The second-order valence-electron chi connectivity index (χ2n) is 4.92. The molecule has 0 saturated carbocycles. The van der Waals surface area contributed by atoms with Crippen molar-refractivity contribution in [3.63, 3.8) is 0 Å². The van der Waals surface area contributed by atoms with Crippen LogP contribution in [0, 0.1) is 5.92 Å². The summed E-state index contributed by atoms with van der Waals surface area (Å²) < 4.78 is 32.3. The molecule has 9 heteroatoms. The third-order valence-corrected chi connectivity index (χ3v) is 6.45. The van der Waals surface area contributed by atoms with Crippen LogP contribution in [0.1, 0.15) is 29.9 Å². The van der Waals surface area contributed by atoms with Crippen molar-refractivity contribution in [2.24, 2.45) is 11.7 Å². The third-order valence-electron chi connectivity index (χ3n) is 2.69. The molecule has 1 aromatic rings. The van der Waals surface area contributed by atoms with Gasteiger partial charge in [0.2, 0.25) is 10.0 Å². The van der Waals surface area contributed by atoms with Gasteiger partial charge < -0.3 is 10.5 Å². The first-order chi connectivity index (χ1) is 9.71. The minimum atomic E-state index is -3.74. The molecule has 3 N–H and O–H groups in total. The Hall–Kier alpha value is -0.480. The number of ether oxygens (including phenoxy) is 1. The van der Waals surface area contributed by atoms with Crippen LogP contribution in [-0.2, 0) is 14.8 Å². The maximum atomic E-state index is 12.4. The molecule has 1 atom stereocenters. The first-order valence-corrected chi connectivity index (χ1v) is 9.40. The van der Waals surface area contributed by atoms with Gasteiger partial charge >= 0.3 is 5.97 Å². The monoisotopic (exact) mass is 398 g/mol. The van der Waals surface area contributed by atoms with Gasteiger partial charge in [-0.05, 0) is 34.3 Å². The summed E-state index contributed by atoms with van der Waals surface area (Å²) in [5.74, 6) is -0.252. The highest BCUT2D eigenvalue weighted by molar-refractivity contribution is 9.11. The number of sulfonamides is 1. The highest BCUT2D eigenvalue weighted by Crippen LogP contribution is 2.32. The van der Waals surface area contributed by atoms with E-state index < -0.39 is 16.0 Å². The standard InChI is InChI=1S/C12H19BrN2O4S2/c1-7(2)4-8(6-14)15-21(17,18)10-5-9(12(16)19-3)20-11(10)13/h5,7-8,15H,4,6,14H2,1-3H3. The minimum Gasteiger partial charge on any atom is -0.465 e. The summed E-state index contributed by atoms with van der Waals surface area (Å²) in [6, 6.07) is 0.953. The van der Waals surface area contributed by atoms with Gasteiger partial charge in [0.1, 0.15) is 9.77 Å². The molecule has 1 rings (SSSR count). The number of nitrogens with two attached hydrogens (primary N) is 1. The van der Waals surface area contributed by atoms with E-state index in [0.29, 0.717) is 16.1 Å². The molecular formula is C12H19BrN2O4S2. The summed E-state index contributed by atoms with van der Waals surface area (Å²) in [6.45, 7) is 4.20. The molecule has 0 aromatic carbocycles. The molecule has 0 radical (unpaired) electrons. The summed E-state index contributed by atoms with van der Waals surface area (Å²) >= 11 is 4.19. The number of hydrogen-bond donors (Lipinski definition) is 2. The lowest BCUT2D eigenvalue weighted by molar-refractivity contribution is 0.0606. The molecule has 0 aliphatic carbocycles. The molecule has 1 heterocycles. The average molecular weight is 399 g/mol. The fraction of sp³-hybridized carbons (Fsp3) is 0.583. The topological polar surface area (TPSA) is 98.5 Å². The Morgan fingerprint density at radius 2 is 2.14 bits per heavy atom. The molecule has 0 spiro atoms. The number of rotatable bonds is 7. The van der Waals surface area contributed by atoms with E-state index >= 15 is 0 Å². The van der Waals surface area contributed by atoms with Crippen molar-refractivity contribution in [3.05, 3.63) is 14.7 Å². The van der Waals surface area contributed by atoms with Crippen LogP contribution in [0.4, 0.5) is 0 Å². The normalized spacial score (nSPS) is 13.4. The Morgan fingerprint density at radius 1 is 1.52 bits per heavy atom. The maximum absolute atomic E-state index is 12.4. The molecular weight excluding hydrogens is 380 g/mol. The number of carbonyl (C=O) groups excluding carboxylic acids is 1. The van der Waals surface area contributed by atoms with Gasteiger partial charge in [-0.1, -0.05) is 13.8 Å². The second kappa shape index (κ2) is 7.68. The summed E-state index contributed by atoms with van der Waals surface area (Å²) in [5, 5.41) is 0. The number of hydrogen-bond acceptors (Lipinski definition) is 6. The van der Waals surface area contributed by atoms with Crippen LogP contribution in [0.15, 0.2) is 14.7 Å². The zero-order chi connectivity index (χ0) is 16.2. The predicted molar refractivity (Wildman–Crippen MR) is 86.0 cm³/mol. The molecule has 120 valence electrons. The molecule has 0 amide bonds.